The van der Waals surface area contributed by atoms with Gasteiger partial charge in [-0.1, -0.05) is 36.8 Å². The van der Waals surface area contributed by atoms with Crippen molar-refractivity contribution in [2.24, 2.45) is 5.92 Å². The van der Waals surface area contributed by atoms with Crippen molar-refractivity contribution in [3.05, 3.63) is 34.3 Å². The molecule has 2 aromatic rings. The third-order valence-electron chi connectivity index (χ3n) is 4.81. The Bertz CT molecular complexity index is 866. The van der Waals surface area contributed by atoms with Crippen molar-refractivity contribution in [1.82, 2.24) is 20.0 Å². The maximum absolute atomic E-state index is 12.5. The number of piperazine rings is 1. The van der Waals surface area contributed by atoms with Crippen LogP contribution in [0.5, 0.6) is 5.75 Å². The molecule has 168 valence electrons. The Morgan fingerprint density at radius 1 is 1.13 bits per heavy atom. The van der Waals surface area contributed by atoms with Gasteiger partial charge in [0.2, 0.25) is 16.9 Å². The molecule has 1 saturated heterocycles. The number of hydrogen-bond donors (Lipinski definition) is 1. The van der Waals surface area contributed by atoms with Crippen molar-refractivity contribution in [1.29, 1.82) is 0 Å². The fraction of sp³-hybridized carbons (Fsp3) is 0.524. The van der Waals surface area contributed by atoms with E-state index in [2.05, 4.69) is 34.3 Å². The summed E-state index contributed by atoms with van der Waals surface area (Å²) in [6.45, 7) is 7.39. The van der Waals surface area contributed by atoms with E-state index in [4.69, 9.17) is 16.3 Å². The zero-order valence-corrected chi connectivity index (χ0v) is 19.4. The maximum atomic E-state index is 12.5. The van der Waals surface area contributed by atoms with Crippen LogP contribution in [0.4, 0.5) is 5.13 Å². The van der Waals surface area contributed by atoms with Crippen molar-refractivity contribution >= 4 is 39.9 Å². The SMILES string of the molecule is CC(C)Cc1nnc(NC(=O)CCC(=O)N2CCN(COc3ccc(Cl)cc3)CC2)s1. The van der Waals surface area contributed by atoms with Gasteiger partial charge in [0, 0.05) is 50.5 Å². The Kier molecular flexibility index (Phi) is 8.62. The van der Waals surface area contributed by atoms with E-state index in [9.17, 15) is 9.59 Å². The molecule has 0 unspecified atom stereocenters. The standard InChI is InChI=1S/C21H28ClN5O3S/c1-15(2)13-19-24-25-21(31-19)23-18(28)7-8-20(29)27-11-9-26(10-12-27)14-30-17-5-3-16(22)4-6-17/h3-6,15H,7-14H2,1-2H3,(H,23,25,28). The van der Waals surface area contributed by atoms with Crippen molar-refractivity contribution in [3.8, 4) is 5.75 Å². The average Bonchev–Trinajstić information content (AvgIpc) is 3.18. The maximum Gasteiger partial charge on any atom is 0.226 e. The van der Waals surface area contributed by atoms with E-state index in [1.54, 1.807) is 17.0 Å². The minimum Gasteiger partial charge on any atom is -0.478 e. The second-order valence-corrected chi connectivity index (χ2v) is 9.37. The molecule has 3 rings (SSSR count). The molecule has 1 aliphatic heterocycles. The molecule has 0 aliphatic carbocycles. The summed E-state index contributed by atoms with van der Waals surface area (Å²) in [5, 5.41) is 12.9. The molecule has 1 N–H and O–H groups in total. The first-order valence-electron chi connectivity index (χ1n) is 10.4. The first-order chi connectivity index (χ1) is 14.9. The highest BCUT2D eigenvalue weighted by Gasteiger charge is 2.22. The number of aromatic nitrogens is 2. The fourth-order valence-corrected chi connectivity index (χ4v) is 4.21. The van der Waals surface area contributed by atoms with Gasteiger partial charge in [-0.15, -0.1) is 10.2 Å². The predicted molar refractivity (Wildman–Crippen MR) is 121 cm³/mol. The first kappa shape index (κ1) is 23.4. The number of anilines is 1. The Balaban J connectivity index is 1.33. The van der Waals surface area contributed by atoms with Crippen LogP contribution in [0.3, 0.4) is 0 Å². The lowest BCUT2D eigenvalue weighted by Gasteiger charge is -2.34. The summed E-state index contributed by atoms with van der Waals surface area (Å²) in [4.78, 5) is 28.6. The monoisotopic (exact) mass is 465 g/mol. The third-order valence-corrected chi connectivity index (χ3v) is 5.93. The van der Waals surface area contributed by atoms with Crippen LogP contribution in [0.25, 0.3) is 0 Å². The highest BCUT2D eigenvalue weighted by molar-refractivity contribution is 7.15. The van der Waals surface area contributed by atoms with Gasteiger partial charge in [0.25, 0.3) is 0 Å². The number of amides is 2. The van der Waals surface area contributed by atoms with Crippen LogP contribution in [0.2, 0.25) is 5.02 Å². The van der Waals surface area contributed by atoms with Crippen molar-refractivity contribution < 1.29 is 14.3 Å². The molecule has 8 nitrogen and oxygen atoms in total. The largest absolute Gasteiger partial charge is 0.478 e. The summed E-state index contributed by atoms with van der Waals surface area (Å²) in [5.41, 5.74) is 0. The average molecular weight is 466 g/mol. The topological polar surface area (TPSA) is 87.7 Å². The third kappa shape index (κ3) is 7.75. The van der Waals surface area contributed by atoms with Crippen molar-refractivity contribution in [2.45, 2.75) is 33.1 Å². The molecule has 1 aliphatic rings. The quantitative estimate of drug-likeness (QED) is 0.611. The van der Waals surface area contributed by atoms with Crippen molar-refractivity contribution in [3.63, 3.8) is 0 Å². The van der Waals surface area contributed by atoms with E-state index < -0.39 is 0 Å². The second kappa shape index (κ2) is 11.4. The number of carbonyl (C=O) groups excluding carboxylic acids is 2. The fourth-order valence-electron chi connectivity index (χ4n) is 3.12. The zero-order valence-electron chi connectivity index (χ0n) is 17.8. The summed E-state index contributed by atoms with van der Waals surface area (Å²) in [7, 11) is 0. The van der Waals surface area contributed by atoms with Crippen LogP contribution >= 0.6 is 22.9 Å². The second-order valence-electron chi connectivity index (χ2n) is 7.87. The molecule has 2 heterocycles. The minimum atomic E-state index is -0.212. The minimum absolute atomic E-state index is 0.00817. The Hall–Kier alpha value is -2.23. The van der Waals surface area contributed by atoms with Crippen LogP contribution in [-0.4, -0.2) is 64.7 Å². The number of nitrogens with zero attached hydrogens (tertiary/aromatic N) is 4. The van der Waals surface area contributed by atoms with Crippen LogP contribution < -0.4 is 10.1 Å². The molecule has 0 radical (unpaired) electrons. The number of nitrogens with one attached hydrogen (secondary N) is 1. The number of ether oxygens (including phenoxy) is 1. The lowest BCUT2D eigenvalue weighted by Crippen LogP contribution is -2.49. The normalized spacial score (nSPS) is 14.6. The number of halogens is 1. The lowest BCUT2D eigenvalue weighted by atomic mass is 10.1. The predicted octanol–water partition coefficient (Wildman–Crippen LogP) is 3.29. The van der Waals surface area contributed by atoms with Gasteiger partial charge in [-0.2, -0.15) is 0 Å². The lowest BCUT2D eigenvalue weighted by molar-refractivity contribution is -0.134. The summed E-state index contributed by atoms with van der Waals surface area (Å²) in [6.07, 6.45) is 1.16. The van der Waals surface area contributed by atoms with Crippen LogP contribution in [0, 0.1) is 5.92 Å². The van der Waals surface area contributed by atoms with Crippen molar-refractivity contribution in [2.75, 3.05) is 38.2 Å². The number of hydrogen-bond acceptors (Lipinski definition) is 7. The molecule has 1 fully saturated rings. The molecule has 2 amide bonds. The molecular formula is C21H28ClN5O3S. The van der Waals surface area contributed by atoms with Gasteiger partial charge in [0.15, 0.2) is 0 Å². The van der Waals surface area contributed by atoms with Gasteiger partial charge < -0.3 is 15.0 Å². The molecule has 0 saturated carbocycles. The highest BCUT2D eigenvalue weighted by atomic mass is 35.5. The summed E-state index contributed by atoms with van der Waals surface area (Å²) in [5.74, 6) is 1.03. The van der Waals surface area contributed by atoms with E-state index in [1.165, 1.54) is 11.3 Å². The van der Waals surface area contributed by atoms with Gasteiger partial charge in [0.05, 0.1) is 0 Å². The summed E-state index contributed by atoms with van der Waals surface area (Å²) in [6, 6.07) is 7.25. The highest BCUT2D eigenvalue weighted by Crippen LogP contribution is 2.19. The Morgan fingerprint density at radius 3 is 2.52 bits per heavy atom. The van der Waals surface area contributed by atoms with E-state index >= 15 is 0 Å². The summed E-state index contributed by atoms with van der Waals surface area (Å²) >= 11 is 7.26. The molecule has 31 heavy (non-hydrogen) atoms. The van der Waals surface area contributed by atoms with Gasteiger partial charge in [-0.25, -0.2) is 0 Å². The number of benzene rings is 1. The van der Waals surface area contributed by atoms with Gasteiger partial charge >= 0.3 is 0 Å². The van der Waals surface area contributed by atoms with Crippen LogP contribution in [-0.2, 0) is 16.0 Å². The summed E-state index contributed by atoms with van der Waals surface area (Å²) < 4.78 is 5.76. The smallest absolute Gasteiger partial charge is 0.226 e. The Labute approximate surface area is 191 Å². The number of carbonyl (C=O) groups is 2. The number of rotatable bonds is 9. The van der Waals surface area contributed by atoms with Gasteiger partial charge in [0.1, 0.15) is 17.5 Å². The molecule has 1 aromatic carbocycles. The van der Waals surface area contributed by atoms with E-state index in [-0.39, 0.29) is 24.7 Å². The molecular weight excluding hydrogens is 438 g/mol. The van der Waals surface area contributed by atoms with E-state index in [0.717, 1.165) is 30.3 Å². The first-order valence-corrected chi connectivity index (χ1v) is 11.6. The molecule has 0 atom stereocenters. The van der Waals surface area contributed by atoms with Crippen LogP contribution in [0.15, 0.2) is 24.3 Å². The van der Waals surface area contributed by atoms with Crippen LogP contribution in [0.1, 0.15) is 31.7 Å². The van der Waals surface area contributed by atoms with E-state index in [0.29, 0.717) is 35.9 Å². The Morgan fingerprint density at radius 2 is 1.84 bits per heavy atom. The molecule has 0 spiro atoms. The molecule has 10 heteroatoms. The van der Waals surface area contributed by atoms with Gasteiger partial charge in [-0.05, 0) is 30.2 Å². The zero-order chi connectivity index (χ0) is 22.2. The molecule has 1 aromatic heterocycles. The van der Waals surface area contributed by atoms with Gasteiger partial charge in [-0.3, -0.25) is 14.5 Å². The molecule has 0 bridgehead atoms. The van der Waals surface area contributed by atoms with E-state index in [1.807, 2.05) is 12.1 Å².